The maximum Gasteiger partial charge on any atom is 0.0874 e. The lowest BCUT2D eigenvalue weighted by molar-refractivity contribution is 0.266. The van der Waals surface area contributed by atoms with Gasteiger partial charge in [-0.15, -0.1) is 0 Å². The first-order valence-corrected chi connectivity index (χ1v) is 8.80. The predicted molar refractivity (Wildman–Crippen MR) is 93.6 cm³/mol. The zero-order valence-corrected chi connectivity index (χ0v) is 13.9. The molecule has 21 heavy (non-hydrogen) atoms. The van der Waals surface area contributed by atoms with Gasteiger partial charge < -0.3 is 4.74 Å². The van der Waals surface area contributed by atoms with Crippen molar-refractivity contribution in [3.63, 3.8) is 0 Å². The fourth-order valence-corrected chi connectivity index (χ4v) is 4.75. The number of ether oxygens (including phenoxy) is 1. The normalized spacial score (nSPS) is 12.0. The third-order valence-corrected chi connectivity index (χ3v) is 6.02. The Labute approximate surface area is 129 Å². The van der Waals surface area contributed by atoms with Crippen molar-refractivity contribution in [2.24, 2.45) is 5.92 Å². The Morgan fingerprint density at radius 1 is 0.952 bits per heavy atom. The molecular formula is C19H23OP. The van der Waals surface area contributed by atoms with Gasteiger partial charge in [-0.1, -0.05) is 74.5 Å². The smallest absolute Gasteiger partial charge is 0.0874 e. The van der Waals surface area contributed by atoms with Crippen LogP contribution in [-0.2, 0) is 4.74 Å². The SMILES string of the molecule is CCO/C=C(\C(C)C)P(c1ccccc1)c1ccccc1. The van der Waals surface area contributed by atoms with Gasteiger partial charge in [0.2, 0.25) is 0 Å². The number of allylic oxidation sites excluding steroid dienone is 1. The van der Waals surface area contributed by atoms with Crippen molar-refractivity contribution in [3.8, 4) is 0 Å². The summed E-state index contributed by atoms with van der Waals surface area (Å²) in [5.41, 5.74) is 0. The van der Waals surface area contributed by atoms with Gasteiger partial charge in [0.1, 0.15) is 0 Å². The van der Waals surface area contributed by atoms with Gasteiger partial charge in [0.25, 0.3) is 0 Å². The van der Waals surface area contributed by atoms with Gasteiger partial charge >= 0.3 is 0 Å². The molecule has 0 aliphatic carbocycles. The first-order chi connectivity index (χ1) is 10.2. The van der Waals surface area contributed by atoms with E-state index in [2.05, 4.69) is 74.5 Å². The van der Waals surface area contributed by atoms with Crippen molar-refractivity contribution < 1.29 is 4.74 Å². The summed E-state index contributed by atoms with van der Waals surface area (Å²) in [4.78, 5) is 0. The van der Waals surface area contributed by atoms with Crippen molar-refractivity contribution in [2.75, 3.05) is 6.61 Å². The first kappa shape index (κ1) is 15.8. The standard InChI is InChI=1S/C19H23OP/c1-4-20-15-19(16(2)3)21(17-11-7-5-8-12-17)18-13-9-6-10-14-18/h5-16H,4H2,1-3H3/b19-15+. The molecule has 0 radical (unpaired) electrons. The van der Waals surface area contributed by atoms with Crippen LogP contribution in [0.2, 0.25) is 0 Å². The minimum absolute atomic E-state index is 0.461. The lowest BCUT2D eigenvalue weighted by atomic mass is 10.2. The van der Waals surface area contributed by atoms with Crippen LogP contribution in [0, 0.1) is 5.92 Å². The van der Waals surface area contributed by atoms with Crippen molar-refractivity contribution >= 4 is 18.5 Å². The molecule has 0 aromatic heterocycles. The largest absolute Gasteiger partial charge is 0.501 e. The molecule has 0 aliphatic heterocycles. The Bertz CT molecular complexity index is 521. The van der Waals surface area contributed by atoms with Gasteiger partial charge in [0, 0.05) is 0 Å². The molecule has 2 rings (SSSR count). The van der Waals surface area contributed by atoms with Crippen molar-refractivity contribution in [1.82, 2.24) is 0 Å². The second kappa shape index (κ2) is 8.00. The fourth-order valence-electron chi connectivity index (χ4n) is 2.22. The second-order valence-corrected chi connectivity index (χ2v) is 7.38. The zero-order valence-electron chi connectivity index (χ0n) is 13.0. The average Bonchev–Trinajstić information content (AvgIpc) is 2.53. The minimum atomic E-state index is -0.529. The number of rotatable bonds is 6. The van der Waals surface area contributed by atoms with Gasteiger partial charge in [-0.2, -0.15) is 0 Å². The van der Waals surface area contributed by atoms with Crippen LogP contribution >= 0.6 is 7.92 Å². The van der Waals surface area contributed by atoms with Crippen molar-refractivity contribution in [3.05, 3.63) is 72.2 Å². The van der Waals surface area contributed by atoms with Crippen LogP contribution in [0.4, 0.5) is 0 Å². The van der Waals surface area contributed by atoms with Crippen LogP contribution in [0.3, 0.4) is 0 Å². The van der Waals surface area contributed by atoms with Gasteiger partial charge in [-0.25, -0.2) is 0 Å². The Balaban J connectivity index is 2.50. The molecule has 0 saturated heterocycles. The van der Waals surface area contributed by atoms with E-state index >= 15 is 0 Å². The Morgan fingerprint density at radius 3 is 1.81 bits per heavy atom. The van der Waals surface area contributed by atoms with E-state index in [0.717, 1.165) is 0 Å². The van der Waals surface area contributed by atoms with E-state index in [1.807, 2.05) is 13.2 Å². The third-order valence-electron chi connectivity index (χ3n) is 3.25. The highest BCUT2D eigenvalue weighted by Gasteiger charge is 2.21. The molecule has 0 heterocycles. The molecule has 2 heteroatoms. The van der Waals surface area contributed by atoms with Gasteiger partial charge in [-0.3, -0.25) is 0 Å². The van der Waals surface area contributed by atoms with Crippen LogP contribution in [-0.4, -0.2) is 6.61 Å². The van der Waals surface area contributed by atoms with E-state index in [1.54, 1.807) is 0 Å². The second-order valence-electron chi connectivity index (χ2n) is 5.16. The molecule has 0 atom stereocenters. The fraction of sp³-hybridized carbons (Fsp3) is 0.263. The summed E-state index contributed by atoms with van der Waals surface area (Å²) in [6.07, 6.45) is 1.98. The maximum atomic E-state index is 5.64. The zero-order chi connectivity index (χ0) is 15.1. The summed E-state index contributed by atoms with van der Waals surface area (Å²) in [5.74, 6) is 0.461. The average molecular weight is 298 g/mol. The van der Waals surface area contributed by atoms with Crippen molar-refractivity contribution in [1.29, 1.82) is 0 Å². The molecule has 2 aromatic carbocycles. The summed E-state index contributed by atoms with van der Waals surface area (Å²) in [7, 11) is -0.529. The van der Waals surface area contributed by atoms with Crippen LogP contribution < -0.4 is 10.6 Å². The highest BCUT2D eigenvalue weighted by atomic mass is 31.1. The summed E-state index contributed by atoms with van der Waals surface area (Å²) in [6, 6.07) is 21.5. The molecular weight excluding hydrogens is 275 g/mol. The number of hydrogen-bond acceptors (Lipinski definition) is 1. The van der Waals surface area contributed by atoms with Gasteiger partial charge in [0.15, 0.2) is 0 Å². The summed E-state index contributed by atoms with van der Waals surface area (Å²) >= 11 is 0. The minimum Gasteiger partial charge on any atom is -0.501 e. The molecule has 1 nitrogen and oxygen atoms in total. The summed E-state index contributed by atoms with van der Waals surface area (Å²) < 4.78 is 5.64. The molecule has 0 unspecified atom stereocenters. The van der Waals surface area contributed by atoms with Crippen LogP contribution in [0.25, 0.3) is 0 Å². The highest BCUT2D eigenvalue weighted by molar-refractivity contribution is 7.76. The molecule has 110 valence electrons. The van der Waals surface area contributed by atoms with Crippen molar-refractivity contribution in [2.45, 2.75) is 20.8 Å². The molecule has 0 spiro atoms. The third kappa shape index (κ3) is 4.19. The van der Waals surface area contributed by atoms with E-state index in [4.69, 9.17) is 4.74 Å². The van der Waals surface area contributed by atoms with Gasteiger partial charge in [-0.05, 0) is 36.7 Å². The van der Waals surface area contributed by atoms with Crippen LogP contribution in [0.15, 0.2) is 72.2 Å². The van der Waals surface area contributed by atoms with Gasteiger partial charge in [0.05, 0.1) is 12.9 Å². The van der Waals surface area contributed by atoms with E-state index < -0.39 is 7.92 Å². The molecule has 2 aromatic rings. The molecule has 0 bridgehead atoms. The monoisotopic (exact) mass is 298 g/mol. The molecule has 0 amide bonds. The Kier molecular flexibility index (Phi) is 6.02. The maximum absolute atomic E-state index is 5.64. The van der Waals surface area contributed by atoms with E-state index in [0.29, 0.717) is 12.5 Å². The van der Waals surface area contributed by atoms with E-state index in [9.17, 15) is 0 Å². The Hall–Kier alpha value is -1.59. The molecule has 0 saturated carbocycles. The Morgan fingerprint density at radius 2 is 1.43 bits per heavy atom. The topological polar surface area (TPSA) is 9.23 Å². The quantitative estimate of drug-likeness (QED) is 0.557. The predicted octanol–water partition coefficient (Wildman–Crippen LogP) is 4.65. The summed E-state index contributed by atoms with van der Waals surface area (Å²) in [6.45, 7) is 7.23. The highest BCUT2D eigenvalue weighted by Crippen LogP contribution is 2.46. The number of hydrogen-bond donors (Lipinski definition) is 0. The van der Waals surface area contributed by atoms with Crippen LogP contribution in [0.5, 0.6) is 0 Å². The first-order valence-electron chi connectivity index (χ1n) is 7.46. The molecule has 0 fully saturated rings. The van der Waals surface area contributed by atoms with E-state index in [1.165, 1.54) is 15.9 Å². The number of benzene rings is 2. The molecule has 0 N–H and O–H groups in total. The molecule has 0 aliphatic rings. The summed E-state index contributed by atoms with van der Waals surface area (Å²) in [5, 5.41) is 4.13. The lowest BCUT2D eigenvalue weighted by Crippen LogP contribution is -2.15. The van der Waals surface area contributed by atoms with Crippen LogP contribution in [0.1, 0.15) is 20.8 Å². The van der Waals surface area contributed by atoms with E-state index in [-0.39, 0.29) is 0 Å². The lowest BCUT2D eigenvalue weighted by Gasteiger charge is -2.24.